The third kappa shape index (κ3) is 7.00. The Morgan fingerprint density at radius 3 is 2.29 bits per heavy atom. The number of hydrogen-bond acceptors (Lipinski definition) is 3. The van der Waals surface area contributed by atoms with Crippen molar-refractivity contribution >= 4 is 17.5 Å². The van der Waals surface area contributed by atoms with Crippen molar-refractivity contribution in [1.82, 2.24) is 5.32 Å². The molecular weight excluding hydrogens is 388 g/mol. The minimum Gasteiger partial charge on any atom is -0.494 e. The van der Waals surface area contributed by atoms with Gasteiger partial charge in [0, 0.05) is 23.4 Å². The number of benzene rings is 3. The third-order valence-electron chi connectivity index (χ3n) is 4.76. The molecule has 0 bridgehead atoms. The van der Waals surface area contributed by atoms with Gasteiger partial charge in [-0.25, -0.2) is 0 Å². The summed E-state index contributed by atoms with van der Waals surface area (Å²) in [5.41, 5.74) is 2.60. The average molecular weight is 417 g/mol. The number of carbonyl (C=O) groups excluding carboxylic acids is 2. The predicted octanol–water partition coefficient (Wildman–Crippen LogP) is 5.29. The van der Waals surface area contributed by atoms with E-state index >= 15 is 0 Å². The molecule has 0 radical (unpaired) electrons. The normalized spacial score (nSPS) is 10.5. The Balaban J connectivity index is 1.56. The largest absolute Gasteiger partial charge is 0.494 e. The molecule has 5 nitrogen and oxygen atoms in total. The molecule has 2 amide bonds. The first-order chi connectivity index (χ1) is 15.0. The lowest BCUT2D eigenvalue weighted by molar-refractivity contribution is 0.0949. The van der Waals surface area contributed by atoms with Crippen LogP contribution in [0.2, 0.25) is 0 Å². The second-order valence-electron chi connectivity index (χ2n) is 7.76. The maximum absolute atomic E-state index is 12.6. The fourth-order valence-corrected chi connectivity index (χ4v) is 2.94. The molecule has 0 unspecified atom stereocenters. The zero-order valence-corrected chi connectivity index (χ0v) is 17.9. The molecule has 0 heterocycles. The summed E-state index contributed by atoms with van der Waals surface area (Å²) in [7, 11) is 0. The van der Waals surface area contributed by atoms with Crippen LogP contribution in [0.5, 0.6) is 5.75 Å². The molecular formula is C26H28N2O3. The van der Waals surface area contributed by atoms with E-state index in [-0.39, 0.29) is 11.8 Å². The van der Waals surface area contributed by atoms with E-state index in [1.165, 1.54) is 0 Å². The van der Waals surface area contributed by atoms with Gasteiger partial charge in [0.25, 0.3) is 11.8 Å². The van der Waals surface area contributed by atoms with Crippen LogP contribution >= 0.6 is 0 Å². The van der Waals surface area contributed by atoms with E-state index in [1.54, 1.807) is 48.5 Å². The molecule has 2 N–H and O–H groups in total. The van der Waals surface area contributed by atoms with E-state index in [9.17, 15) is 9.59 Å². The van der Waals surface area contributed by atoms with Gasteiger partial charge in [-0.05, 0) is 60.4 Å². The first-order valence-corrected chi connectivity index (χ1v) is 10.5. The standard InChI is InChI=1S/C26H28N2O3/c1-19(2)15-16-31-24-13-11-21(12-14-24)26(30)28-23-10-6-9-22(17-23)25(29)27-18-20-7-4-3-5-8-20/h3-14,17,19H,15-16,18H2,1-2H3,(H,27,29)(H,28,30). The van der Waals surface area contributed by atoms with Gasteiger partial charge in [-0.3, -0.25) is 9.59 Å². The Hall–Kier alpha value is -3.60. The summed E-state index contributed by atoms with van der Waals surface area (Å²) in [6.07, 6.45) is 0.984. The molecule has 3 rings (SSSR count). The Bertz CT molecular complexity index is 999. The van der Waals surface area contributed by atoms with Crippen LogP contribution in [0, 0.1) is 5.92 Å². The third-order valence-corrected chi connectivity index (χ3v) is 4.76. The number of carbonyl (C=O) groups is 2. The number of rotatable bonds is 9. The van der Waals surface area contributed by atoms with Crippen molar-refractivity contribution < 1.29 is 14.3 Å². The fourth-order valence-electron chi connectivity index (χ4n) is 2.94. The number of ether oxygens (including phenoxy) is 1. The summed E-state index contributed by atoms with van der Waals surface area (Å²) in [4.78, 5) is 25.0. The molecule has 0 spiro atoms. The molecule has 0 fully saturated rings. The van der Waals surface area contributed by atoms with Crippen LogP contribution in [0.1, 0.15) is 46.5 Å². The van der Waals surface area contributed by atoms with E-state index in [1.807, 2.05) is 30.3 Å². The predicted molar refractivity (Wildman–Crippen MR) is 123 cm³/mol. The summed E-state index contributed by atoms with van der Waals surface area (Å²) in [5, 5.41) is 5.74. The second-order valence-corrected chi connectivity index (χ2v) is 7.76. The van der Waals surface area contributed by atoms with Crippen LogP contribution in [-0.2, 0) is 6.54 Å². The van der Waals surface area contributed by atoms with Crippen LogP contribution in [0.15, 0.2) is 78.9 Å². The molecule has 160 valence electrons. The Morgan fingerprint density at radius 1 is 0.839 bits per heavy atom. The Morgan fingerprint density at radius 2 is 1.58 bits per heavy atom. The lowest BCUT2D eigenvalue weighted by Gasteiger charge is -2.10. The highest BCUT2D eigenvalue weighted by atomic mass is 16.5. The van der Waals surface area contributed by atoms with E-state index in [4.69, 9.17) is 4.74 Å². The molecule has 3 aromatic carbocycles. The van der Waals surface area contributed by atoms with E-state index in [0.717, 1.165) is 17.7 Å². The van der Waals surface area contributed by atoms with Crippen molar-refractivity contribution in [3.63, 3.8) is 0 Å². The maximum atomic E-state index is 12.6. The summed E-state index contributed by atoms with van der Waals surface area (Å²) < 4.78 is 5.69. The summed E-state index contributed by atoms with van der Waals surface area (Å²) >= 11 is 0. The molecule has 0 aliphatic carbocycles. The lowest BCUT2D eigenvalue weighted by atomic mass is 10.1. The molecule has 0 saturated heterocycles. The van der Waals surface area contributed by atoms with Gasteiger partial charge in [0.1, 0.15) is 5.75 Å². The lowest BCUT2D eigenvalue weighted by Crippen LogP contribution is -2.23. The van der Waals surface area contributed by atoms with Crippen LogP contribution in [0.25, 0.3) is 0 Å². The maximum Gasteiger partial charge on any atom is 0.255 e. The van der Waals surface area contributed by atoms with Crippen LogP contribution in [-0.4, -0.2) is 18.4 Å². The van der Waals surface area contributed by atoms with Gasteiger partial charge >= 0.3 is 0 Å². The SMILES string of the molecule is CC(C)CCOc1ccc(C(=O)Nc2cccc(C(=O)NCc3ccccc3)c2)cc1. The Labute approximate surface area is 183 Å². The van der Waals surface area contributed by atoms with Gasteiger partial charge in [0.2, 0.25) is 0 Å². The molecule has 0 saturated carbocycles. The van der Waals surface area contributed by atoms with Crippen molar-refractivity contribution in [1.29, 1.82) is 0 Å². The van der Waals surface area contributed by atoms with Gasteiger partial charge < -0.3 is 15.4 Å². The van der Waals surface area contributed by atoms with Gasteiger partial charge in [0.15, 0.2) is 0 Å². The number of anilines is 1. The highest BCUT2D eigenvalue weighted by Crippen LogP contribution is 2.16. The minimum absolute atomic E-state index is 0.192. The highest BCUT2D eigenvalue weighted by Gasteiger charge is 2.10. The molecule has 0 aliphatic rings. The zero-order valence-electron chi connectivity index (χ0n) is 17.9. The first-order valence-electron chi connectivity index (χ1n) is 10.5. The molecule has 0 aliphatic heterocycles. The summed E-state index contributed by atoms with van der Waals surface area (Å²) in [6.45, 7) is 5.40. The minimum atomic E-state index is -0.240. The van der Waals surface area contributed by atoms with Crippen LogP contribution in [0.4, 0.5) is 5.69 Å². The molecule has 0 atom stereocenters. The smallest absolute Gasteiger partial charge is 0.255 e. The molecule has 0 aromatic heterocycles. The molecule has 5 heteroatoms. The second kappa shape index (κ2) is 11.0. The number of nitrogens with one attached hydrogen (secondary N) is 2. The molecule has 31 heavy (non-hydrogen) atoms. The number of amides is 2. The highest BCUT2D eigenvalue weighted by molar-refractivity contribution is 6.05. The summed E-state index contributed by atoms with van der Waals surface area (Å²) in [5.74, 6) is 0.897. The van der Waals surface area contributed by atoms with Crippen molar-refractivity contribution in [2.24, 2.45) is 5.92 Å². The van der Waals surface area contributed by atoms with E-state index < -0.39 is 0 Å². The quantitative estimate of drug-likeness (QED) is 0.498. The van der Waals surface area contributed by atoms with Gasteiger partial charge in [-0.15, -0.1) is 0 Å². The summed E-state index contributed by atoms with van der Waals surface area (Å²) in [6, 6.07) is 23.7. The molecule has 3 aromatic rings. The zero-order chi connectivity index (χ0) is 22.1. The average Bonchev–Trinajstić information content (AvgIpc) is 2.78. The van der Waals surface area contributed by atoms with Crippen molar-refractivity contribution in [3.05, 3.63) is 95.6 Å². The van der Waals surface area contributed by atoms with Crippen LogP contribution in [0.3, 0.4) is 0 Å². The van der Waals surface area contributed by atoms with Gasteiger partial charge in [-0.1, -0.05) is 50.2 Å². The van der Waals surface area contributed by atoms with E-state index in [2.05, 4.69) is 24.5 Å². The van der Waals surface area contributed by atoms with Crippen molar-refractivity contribution in [3.8, 4) is 5.75 Å². The van der Waals surface area contributed by atoms with Gasteiger partial charge in [-0.2, -0.15) is 0 Å². The fraction of sp³-hybridized carbons (Fsp3) is 0.231. The Kier molecular flexibility index (Phi) is 7.82. The monoisotopic (exact) mass is 416 g/mol. The topological polar surface area (TPSA) is 67.4 Å². The van der Waals surface area contributed by atoms with Crippen molar-refractivity contribution in [2.75, 3.05) is 11.9 Å². The van der Waals surface area contributed by atoms with E-state index in [0.29, 0.717) is 35.9 Å². The van der Waals surface area contributed by atoms with Crippen molar-refractivity contribution in [2.45, 2.75) is 26.8 Å². The van der Waals surface area contributed by atoms with Gasteiger partial charge in [0.05, 0.1) is 6.61 Å². The number of hydrogen-bond donors (Lipinski definition) is 2. The first kappa shape index (κ1) is 22.1. The van der Waals surface area contributed by atoms with Crippen LogP contribution < -0.4 is 15.4 Å².